The Morgan fingerprint density at radius 3 is 2.33 bits per heavy atom. The van der Waals surface area contributed by atoms with Gasteiger partial charge in [0.25, 0.3) is 0 Å². The van der Waals surface area contributed by atoms with Crippen LogP contribution >= 0.6 is 0 Å². The number of halogens is 3. The van der Waals surface area contributed by atoms with Gasteiger partial charge in [-0.3, -0.25) is 0 Å². The number of hydrogen-bond donors (Lipinski definition) is 1. The Hall–Kier alpha value is -2.50. The predicted octanol–water partition coefficient (Wildman–Crippen LogP) is 3.98. The van der Waals surface area contributed by atoms with E-state index in [-0.39, 0.29) is 17.9 Å². The molecule has 0 saturated carbocycles. The predicted molar refractivity (Wildman–Crippen MR) is 69.2 cm³/mol. The minimum Gasteiger partial charge on any atom is -0.489 e. The smallest absolute Gasteiger partial charge is 0.416 e. The van der Waals surface area contributed by atoms with Crippen molar-refractivity contribution in [3.05, 3.63) is 65.2 Å². The van der Waals surface area contributed by atoms with Crippen molar-refractivity contribution in [3.8, 4) is 5.75 Å². The molecule has 0 fully saturated rings. The van der Waals surface area contributed by atoms with E-state index in [1.165, 1.54) is 24.3 Å². The molecule has 0 aliphatic rings. The number of hydrogen-bond acceptors (Lipinski definition) is 2. The van der Waals surface area contributed by atoms with Gasteiger partial charge in [0, 0.05) is 0 Å². The Kier molecular flexibility index (Phi) is 4.16. The molecule has 6 heteroatoms. The quantitative estimate of drug-likeness (QED) is 0.928. The van der Waals surface area contributed by atoms with Crippen molar-refractivity contribution in [2.45, 2.75) is 12.8 Å². The molecule has 0 bridgehead atoms. The summed E-state index contributed by atoms with van der Waals surface area (Å²) >= 11 is 0. The third-order valence-corrected chi connectivity index (χ3v) is 2.77. The molecule has 2 aromatic rings. The summed E-state index contributed by atoms with van der Waals surface area (Å²) in [6.45, 7) is 0.0568. The third kappa shape index (κ3) is 3.98. The Morgan fingerprint density at radius 1 is 1.10 bits per heavy atom. The fourth-order valence-electron chi connectivity index (χ4n) is 1.67. The molecular formula is C15H11F3O3. The van der Waals surface area contributed by atoms with Crippen molar-refractivity contribution in [2.75, 3.05) is 0 Å². The Bertz CT molecular complexity index is 633. The van der Waals surface area contributed by atoms with Crippen molar-refractivity contribution in [3.63, 3.8) is 0 Å². The summed E-state index contributed by atoms with van der Waals surface area (Å²) in [7, 11) is 0. The lowest BCUT2D eigenvalue weighted by Gasteiger charge is -2.10. The van der Waals surface area contributed by atoms with Gasteiger partial charge in [-0.2, -0.15) is 13.2 Å². The topological polar surface area (TPSA) is 46.5 Å². The zero-order valence-corrected chi connectivity index (χ0v) is 10.7. The maximum absolute atomic E-state index is 12.5. The monoisotopic (exact) mass is 296 g/mol. The van der Waals surface area contributed by atoms with Gasteiger partial charge in [0.05, 0.1) is 11.1 Å². The first-order chi connectivity index (χ1) is 9.86. The van der Waals surface area contributed by atoms with Crippen LogP contribution < -0.4 is 4.74 Å². The van der Waals surface area contributed by atoms with E-state index in [4.69, 9.17) is 9.84 Å². The van der Waals surface area contributed by atoms with Gasteiger partial charge in [-0.15, -0.1) is 0 Å². The lowest BCUT2D eigenvalue weighted by atomic mass is 10.1. The summed E-state index contributed by atoms with van der Waals surface area (Å²) in [6, 6.07) is 10.5. The Balaban J connectivity index is 2.04. The fourth-order valence-corrected chi connectivity index (χ4v) is 1.67. The van der Waals surface area contributed by atoms with E-state index >= 15 is 0 Å². The van der Waals surface area contributed by atoms with E-state index in [1.54, 1.807) is 12.1 Å². The van der Waals surface area contributed by atoms with Crippen LogP contribution in [0.5, 0.6) is 5.75 Å². The summed E-state index contributed by atoms with van der Waals surface area (Å²) in [5, 5.41) is 8.75. The zero-order chi connectivity index (χ0) is 15.5. The van der Waals surface area contributed by atoms with Crippen molar-refractivity contribution in [1.29, 1.82) is 0 Å². The van der Waals surface area contributed by atoms with Crippen molar-refractivity contribution in [2.24, 2.45) is 0 Å². The highest BCUT2D eigenvalue weighted by Crippen LogP contribution is 2.31. The van der Waals surface area contributed by atoms with Crippen LogP contribution in [0.15, 0.2) is 48.5 Å². The molecule has 21 heavy (non-hydrogen) atoms. The van der Waals surface area contributed by atoms with Gasteiger partial charge >= 0.3 is 12.1 Å². The zero-order valence-electron chi connectivity index (χ0n) is 10.7. The molecule has 2 rings (SSSR count). The van der Waals surface area contributed by atoms with Gasteiger partial charge in [0.15, 0.2) is 0 Å². The van der Waals surface area contributed by atoms with Gasteiger partial charge in [0.2, 0.25) is 0 Å². The van der Waals surface area contributed by atoms with Gasteiger partial charge in [-0.1, -0.05) is 18.2 Å². The normalized spacial score (nSPS) is 11.2. The van der Waals surface area contributed by atoms with Crippen molar-refractivity contribution >= 4 is 5.97 Å². The van der Waals surface area contributed by atoms with Gasteiger partial charge in [0.1, 0.15) is 12.4 Å². The number of aromatic carboxylic acids is 1. The average molecular weight is 296 g/mol. The Labute approximate surface area is 118 Å². The third-order valence-electron chi connectivity index (χ3n) is 2.77. The van der Waals surface area contributed by atoms with Crippen LogP contribution in [0.25, 0.3) is 0 Å². The van der Waals surface area contributed by atoms with Gasteiger partial charge in [-0.05, 0) is 35.9 Å². The number of carbonyl (C=O) groups is 1. The number of ether oxygens (including phenoxy) is 1. The summed E-state index contributed by atoms with van der Waals surface area (Å²) in [5.41, 5.74) is 0.0245. The number of carboxylic acid groups (broad SMARTS) is 1. The van der Waals surface area contributed by atoms with E-state index in [0.717, 1.165) is 12.1 Å². The molecule has 0 aliphatic heterocycles. The van der Waals surface area contributed by atoms with Crippen LogP contribution in [-0.4, -0.2) is 11.1 Å². The molecule has 0 unspecified atom stereocenters. The second-order valence-electron chi connectivity index (χ2n) is 4.32. The molecule has 3 nitrogen and oxygen atoms in total. The summed E-state index contributed by atoms with van der Waals surface area (Å²) < 4.78 is 42.9. The summed E-state index contributed by atoms with van der Waals surface area (Å²) in [4.78, 5) is 10.7. The first-order valence-electron chi connectivity index (χ1n) is 5.98. The molecule has 0 amide bonds. The van der Waals surface area contributed by atoms with Gasteiger partial charge in [-0.25, -0.2) is 4.79 Å². The van der Waals surface area contributed by atoms with E-state index in [9.17, 15) is 18.0 Å². The number of rotatable bonds is 4. The second kappa shape index (κ2) is 5.87. The first kappa shape index (κ1) is 14.9. The van der Waals surface area contributed by atoms with Crippen molar-refractivity contribution in [1.82, 2.24) is 0 Å². The van der Waals surface area contributed by atoms with E-state index in [0.29, 0.717) is 5.56 Å². The van der Waals surface area contributed by atoms with E-state index in [2.05, 4.69) is 0 Å². The molecule has 0 aliphatic carbocycles. The standard InChI is InChI=1S/C15H11F3O3/c16-15(17,18)12-2-1-3-13(8-12)21-9-10-4-6-11(7-5-10)14(19)20/h1-8H,9H2,(H,19,20). The summed E-state index contributed by atoms with van der Waals surface area (Å²) in [6.07, 6.45) is -4.41. The molecule has 110 valence electrons. The SMILES string of the molecule is O=C(O)c1ccc(COc2cccc(C(F)(F)F)c2)cc1. The lowest BCUT2D eigenvalue weighted by Crippen LogP contribution is -2.05. The molecule has 0 radical (unpaired) electrons. The molecule has 0 aromatic heterocycles. The minimum atomic E-state index is -4.41. The molecule has 0 spiro atoms. The molecule has 0 atom stereocenters. The molecular weight excluding hydrogens is 285 g/mol. The fraction of sp³-hybridized carbons (Fsp3) is 0.133. The maximum Gasteiger partial charge on any atom is 0.416 e. The van der Waals surface area contributed by atoms with Gasteiger partial charge < -0.3 is 9.84 Å². The minimum absolute atomic E-state index is 0.0568. The second-order valence-corrected chi connectivity index (χ2v) is 4.32. The molecule has 0 saturated heterocycles. The first-order valence-corrected chi connectivity index (χ1v) is 5.98. The highest BCUT2D eigenvalue weighted by atomic mass is 19.4. The number of carboxylic acids is 1. The van der Waals surface area contributed by atoms with Crippen LogP contribution in [0.1, 0.15) is 21.5 Å². The van der Waals surface area contributed by atoms with E-state index in [1.807, 2.05) is 0 Å². The average Bonchev–Trinajstić information content (AvgIpc) is 2.45. The number of alkyl halides is 3. The van der Waals surface area contributed by atoms with E-state index < -0.39 is 17.7 Å². The highest BCUT2D eigenvalue weighted by Gasteiger charge is 2.30. The molecule has 2 aromatic carbocycles. The Morgan fingerprint density at radius 2 is 1.76 bits per heavy atom. The highest BCUT2D eigenvalue weighted by molar-refractivity contribution is 5.87. The molecule has 1 N–H and O–H groups in total. The van der Waals surface area contributed by atoms with Crippen LogP contribution in [0.3, 0.4) is 0 Å². The van der Waals surface area contributed by atoms with Crippen LogP contribution in [0.2, 0.25) is 0 Å². The largest absolute Gasteiger partial charge is 0.489 e. The lowest BCUT2D eigenvalue weighted by molar-refractivity contribution is -0.137. The summed E-state index contributed by atoms with van der Waals surface area (Å²) in [5.74, 6) is -0.938. The van der Waals surface area contributed by atoms with Crippen LogP contribution in [0.4, 0.5) is 13.2 Å². The van der Waals surface area contributed by atoms with Crippen molar-refractivity contribution < 1.29 is 27.8 Å². The maximum atomic E-state index is 12.5. The van der Waals surface area contributed by atoms with Crippen LogP contribution in [-0.2, 0) is 12.8 Å². The van der Waals surface area contributed by atoms with Crippen LogP contribution in [0, 0.1) is 0 Å². The number of benzene rings is 2. The molecule has 0 heterocycles.